The van der Waals surface area contributed by atoms with Crippen LogP contribution in [0.1, 0.15) is 53.4 Å². The first-order chi connectivity index (χ1) is 9.39. The minimum absolute atomic E-state index is 0.240. The Morgan fingerprint density at radius 2 is 2.10 bits per heavy atom. The van der Waals surface area contributed by atoms with Crippen molar-refractivity contribution in [3.8, 4) is 0 Å². The third-order valence-corrected chi connectivity index (χ3v) is 4.66. The summed E-state index contributed by atoms with van der Waals surface area (Å²) in [4.78, 5) is 14.2. The van der Waals surface area contributed by atoms with E-state index >= 15 is 0 Å². The molecule has 1 aliphatic heterocycles. The van der Waals surface area contributed by atoms with Crippen molar-refractivity contribution in [2.75, 3.05) is 26.2 Å². The van der Waals surface area contributed by atoms with E-state index in [1.54, 1.807) is 0 Å². The van der Waals surface area contributed by atoms with Crippen molar-refractivity contribution in [2.45, 2.75) is 58.9 Å². The summed E-state index contributed by atoms with van der Waals surface area (Å²) < 4.78 is 0. The van der Waals surface area contributed by atoms with Crippen molar-refractivity contribution in [1.29, 1.82) is 0 Å². The zero-order chi connectivity index (χ0) is 15.2. The molecule has 2 atom stereocenters. The predicted octanol–water partition coefficient (Wildman–Crippen LogP) is 1.99. The number of hydrogen-bond acceptors (Lipinski definition) is 3. The standard InChI is InChI=1S/C16H33N3O/c1-5-9-18-16(4,15(17)20)12-19-10-6-7-14(8-11-19)13(2)3/h13-14,18H,5-12H2,1-4H3,(H2,17,20). The van der Waals surface area contributed by atoms with E-state index < -0.39 is 5.54 Å². The number of rotatable bonds is 7. The Balaban J connectivity index is 2.58. The molecule has 3 N–H and O–H groups in total. The third kappa shape index (κ3) is 5.06. The van der Waals surface area contributed by atoms with E-state index in [1.165, 1.54) is 19.3 Å². The van der Waals surface area contributed by atoms with Gasteiger partial charge < -0.3 is 16.0 Å². The van der Waals surface area contributed by atoms with Crippen LogP contribution < -0.4 is 11.1 Å². The maximum atomic E-state index is 11.8. The second kappa shape index (κ2) is 7.99. The zero-order valence-corrected chi connectivity index (χ0v) is 13.7. The molecule has 0 aromatic heterocycles. The Bertz CT molecular complexity index is 306. The maximum Gasteiger partial charge on any atom is 0.238 e. The number of amides is 1. The lowest BCUT2D eigenvalue weighted by molar-refractivity contribution is -0.124. The summed E-state index contributed by atoms with van der Waals surface area (Å²) in [7, 11) is 0. The Hall–Kier alpha value is -0.610. The van der Waals surface area contributed by atoms with Gasteiger partial charge >= 0.3 is 0 Å². The Kier molecular flexibility index (Phi) is 6.96. The largest absolute Gasteiger partial charge is 0.368 e. The third-order valence-electron chi connectivity index (χ3n) is 4.66. The van der Waals surface area contributed by atoms with E-state index in [9.17, 15) is 4.79 Å². The minimum Gasteiger partial charge on any atom is -0.368 e. The molecule has 4 nitrogen and oxygen atoms in total. The summed E-state index contributed by atoms with van der Waals surface area (Å²) in [5.74, 6) is 1.34. The topological polar surface area (TPSA) is 58.4 Å². The van der Waals surface area contributed by atoms with Gasteiger partial charge in [-0.05, 0) is 64.1 Å². The van der Waals surface area contributed by atoms with Crippen LogP contribution in [0.2, 0.25) is 0 Å². The summed E-state index contributed by atoms with van der Waals surface area (Å²) in [5.41, 5.74) is 5.01. The highest BCUT2D eigenvalue weighted by Gasteiger charge is 2.33. The van der Waals surface area contributed by atoms with Gasteiger partial charge in [0, 0.05) is 6.54 Å². The molecular weight excluding hydrogens is 250 g/mol. The second-order valence-electron chi connectivity index (χ2n) is 6.83. The van der Waals surface area contributed by atoms with Crippen LogP contribution in [0.4, 0.5) is 0 Å². The normalized spacial score (nSPS) is 24.4. The highest BCUT2D eigenvalue weighted by atomic mass is 16.1. The maximum absolute atomic E-state index is 11.8. The van der Waals surface area contributed by atoms with Gasteiger partial charge in [0.2, 0.25) is 5.91 Å². The molecule has 0 saturated carbocycles. The molecule has 1 heterocycles. The van der Waals surface area contributed by atoms with Gasteiger partial charge in [-0.3, -0.25) is 4.79 Å². The van der Waals surface area contributed by atoms with Crippen molar-refractivity contribution in [3.63, 3.8) is 0 Å². The van der Waals surface area contributed by atoms with E-state index in [1.807, 2.05) is 6.92 Å². The number of hydrogen-bond donors (Lipinski definition) is 2. The van der Waals surface area contributed by atoms with Gasteiger partial charge in [-0.25, -0.2) is 0 Å². The molecule has 1 saturated heterocycles. The number of primary amides is 1. The van der Waals surface area contributed by atoms with Gasteiger partial charge in [0.15, 0.2) is 0 Å². The quantitative estimate of drug-likeness (QED) is 0.751. The van der Waals surface area contributed by atoms with E-state index in [0.29, 0.717) is 0 Å². The lowest BCUT2D eigenvalue weighted by Crippen LogP contribution is -2.59. The first-order valence-corrected chi connectivity index (χ1v) is 8.16. The van der Waals surface area contributed by atoms with Crippen molar-refractivity contribution < 1.29 is 4.79 Å². The van der Waals surface area contributed by atoms with Crippen LogP contribution >= 0.6 is 0 Å². The first-order valence-electron chi connectivity index (χ1n) is 8.16. The van der Waals surface area contributed by atoms with Crippen molar-refractivity contribution >= 4 is 5.91 Å². The van der Waals surface area contributed by atoms with Crippen LogP contribution in [0.15, 0.2) is 0 Å². The fourth-order valence-corrected chi connectivity index (χ4v) is 3.08. The van der Waals surface area contributed by atoms with Crippen molar-refractivity contribution in [1.82, 2.24) is 10.2 Å². The molecule has 1 aliphatic rings. The average Bonchev–Trinajstić information content (AvgIpc) is 2.61. The van der Waals surface area contributed by atoms with Gasteiger partial charge in [-0.15, -0.1) is 0 Å². The predicted molar refractivity (Wildman–Crippen MR) is 84.5 cm³/mol. The monoisotopic (exact) mass is 283 g/mol. The van der Waals surface area contributed by atoms with Crippen molar-refractivity contribution in [2.24, 2.45) is 17.6 Å². The van der Waals surface area contributed by atoms with Gasteiger partial charge in [0.05, 0.1) is 0 Å². The molecule has 20 heavy (non-hydrogen) atoms. The number of nitrogens with zero attached hydrogens (tertiary/aromatic N) is 1. The van der Waals surface area contributed by atoms with Crippen LogP contribution in [0.25, 0.3) is 0 Å². The SMILES string of the molecule is CCCNC(C)(CN1CCCC(C(C)C)CC1)C(N)=O. The molecular formula is C16H33N3O. The Morgan fingerprint density at radius 3 is 2.65 bits per heavy atom. The molecule has 0 aromatic carbocycles. The van der Waals surface area contributed by atoms with Gasteiger partial charge in [0.25, 0.3) is 0 Å². The number of likely N-dealkylation sites (tertiary alicyclic amines) is 1. The highest BCUT2D eigenvalue weighted by Crippen LogP contribution is 2.25. The molecule has 0 radical (unpaired) electrons. The number of carbonyl (C=O) groups is 1. The summed E-state index contributed by atoms with van der Waals surface area (Å²) in [6.07, 6.45) is 4.79. The van der Waals surface area contributed by atoms with E-state index in [-0.39, 0.29) is 5.91 Å². The first kappa shape index (κ1) is 17.4. The molecule has 2 unspecified atom stereocenters. The Labute approximate surface area is 124 Å². The number of carbonyl (C=O) groups excluding carboxylic acids is 1. The van der Waals surface area contributed by atoms with Crippen LogP contribution in [0, 0.1) is 11.8 Å². The van der Waals surface area contributed by atoms with Gasteiger partial charge in [-0.2, -0.15) is 0 Å². The second-order valence-corrected chi connectivity index (χ2v) is 6.83. The molecule has 0 aromatic rings. The lowest BCUT2D eigenvalue weighted by Gasteiger charge is -2.33. The van der Waals surface area contributed by atoms with E-state index in [4.69, 9.17) is 5.73 Å². The summed E-state index contributed by atoms with van der Waals surface area (Å²) in [5, 5.41) is 3.33. The van der Waals surface area contributed by atoms with Crippen LogP contribution in [-0.4, -0.2) is 42.5 Å². The van der Waals surface area contributed by atoms with E-state index in [2.05, 4.69) is 31.0 Å². The average molecular weight is 283 g/mol. The Morgan fingerprint density at radius 1 is 1.40 bits per heavy atom. The molecule has 1 amide bonds. The molecule has 118 valence electrons. The van der Waals surface area contributed by atoms with Crippen molar-refractivity contribution in [3.05, 3.63) is 0 Å². The molecule has 1 fully saturated rings. The van der Waals surface area contributed by atoms with E-state index in [0.717, 1.165) is 44.4 Å². The van der Waals surface area contributed by atoms with Crippen LogP contribution in [-0.2, 0) is 4.79 Å². The summed E-state index contributed by atoms with van der Waals surface area (Å²) >= 11 is 0. The van der Waals surface area contributed by atoms with Gasteiger partial charge in [-0.1, -0.05) is 20.8 Å². The van der Waals surface area contributed by atoms with Crippen LogP contribution in [0.5, 0.6) is 0 Å². The minimum atomic E-state index is -0.603. The van der Waals surface area contributed by atoms with Crippen LogP contribution in [0.3, 0.4) is 0 Å². The lowest BCUT2D eigenvalue weighted by atomic mass is 9.89. The smallest absolute Gasteiger partial charge is 0.238 e. The molecule has 0 spiro atoms. The fourth-order valence-electron chi connectivity index (χ4n) is 3.08. The molecule has 0 aliphatic carbocycles. The molecule has 0 bridgehead atoms. The highest BCUT2D eigenvalue weighted by molar-refractivity contribution is 5.84. The summed E-state index contributed by atoms with van der Waals surface area (Å²) in [6, 6.07) is 0. The zero-order valence-electron chi connectivity index (χ0n) is 13.7. The van der Waals surface area contributed by atoms with Gasteiger partial charge in [0.1, 0.15) is 5.54 Å². The molecule has 4 heteroatoms. The summed E-state index contributed by atoms with van der Waals surface area (Å²) in [6.45, 7) is 12.4. The number of nitrogens with one attached hydrogen (secondary N) is 1. The fraction of sp³-hybridized carbons (Fsp3) is 0.938. The number of nitrogens with two attached hydrogens (primary N) is 1. The molecule has 1 rings (SSSR count).